The minimum absolute atomic E-state index is 0.409. The Morgan fingerprint density at radius 3 is 2.32 bits per heavy atom. The highest BCUT2D eigenvalue weighted by molar-refractivity contribution is 6.10. The van der Waals surface area contributed by atoms with E-state index in [1.807, 2.05) is 30.3 Å². The Morgan fingerprint density at radius 1 is 0.892 bits per heavy atom. The number of unbranched alkanes of at least 4 members (excludes halogenated alkanes) is 2. The monoisotopic (exact) mass is 488 g/mol. The Morgan fingerprint density at radius 2 is 1.62 bits per heavy atom. The van der Waals surface area contributed by atoms with Crippen LogP contribution in [-0.4, -0.2) is 18.9 Å². The van der Waals surface area contributed by atoms with Crippen molar-refractivity contribution in [1.82, 2.24) is 0 Å². The van der Waals surface area contributed by atoms with Crippen LogP contribution in [0.25, 0.3) is 21.9 Å². The van der Waals surface area contributed by atoms with E-state index in [9.17, 15) is 0 Å². The van der Waals surface area contributed by atoms with Crippen LogP contribution in [-0.2, 0) is 0 Å². The molecule has 0 unspecified atom stereocenters. The molecule has 0 fully saturated rings. The fourth-order valence-corrected chi connectivity index (χ4v) is 4.88. The zero-order valence-electron chi connectivity index (χ0n) is 21.5. The van der Waals surface area contributed by atoms with Gasteiger partial charge in [-0.3, -0.25) is 0 Å². The van der Waals surface area contributed by atoms with E-state index in [0.717, 1.165) is 57.7 Å². The first-order chi connectivity index (χ1) is 18.1. The molecule has 1 heterocycles. The summed E-state index contributed by atoms with van der Waals surface area (Å²) in [7, 11) is 0. The van der Waals surface area contributed by atoms with Crippen LogP contribution in [0, 0.1) is 11.3 Å². The number of fused-ring (bicyclic) bond motifs is 2. The number of benzene rings is 4. The molecule has 5 rings (SSSR count). The molecule has 0 amide bonds. The van der Waals surface area contributed by atoms with Gasteiger partial charge in [0.15, 0.2) is 0 Å². The molecule has 1 aliphatic heterocycles. The minimum atomic E-state index is 0.409. The molecule has 0 atom stereocenters. The molecular formula is C32H32N4O. The zero-order chi connectivity index (χ0) is 25.8. The number of hydrogen-bond donors (Lipinski definition) is 1. The summed E-state index contributed by atoms with van der Waals surface area (Å²) in [5.74, 6) is 2.13. The van der Waals surface area contributed by atoms with Gasteiger partial charge in [0.2, 0.25) is 0 Å². The van der Waals surface area contributed by atoms with E-state index in [2.05, 4.69) is 55.1 Å². The highest BCUT2D eigenvalue weighted by Crippen LogP contribution is 2.49. The predicted molar refractivity (Wildman–Crippen MR) is 153 cm³/mol. The molecule has 186 valence electrons. The lowest BCUT2D eigenvalue weighted by molar-refractivity contribution is 0.487. The Labute approximate surface area is 218 Å². The van der Waals surface area contributed by atoms with E-state index in [-0.39, 0.29) is 0 Å². The SMILES string of the molecule is CCCCN(CCCC)c1ccc2c(c1)Oc1cccc3c(N=C(N)c4ccc(C#N)cc4)ccc-2c13. The largest absolute Gasteiger partial charge is 0.456 e. The maximum absolute atomic E-state index is 9.06. The lowest BCUT2D eigenvalue weighted by atomic mass is 9.93. The van der Waals surface area contributed by atoms with Gasteiger partial charge >= 0.3 is 0 Å². The van der Waals surface area contributed by atoms with E-state index in [1.54, 1.807) is 12.1 Å². The lowest BCUT2D eigenvalue weighted by Crippen LogP contribution is -2.25. The molecular weight excluding hydrogens is 456 g/mol. The van der Waals surface area contributed by atoms with E-state index in [0.29, 0.717) is 11.4 Å². The molecule has 0 saturated heterocycles. The molecule has 1 aliphatic rings. The van der Waals surface area contributed by atoms with Crippen molar-refractivity contribution in [1.29, 1.82) is 5.26 Å². The van der Waals surface area contributed by atoms with Gasteiger partial charge in [0.05, 0.1) is 17.3 Å². The minimum Gasteiger partial charge on any atom is -0.456 e. The van der Waals surface area contributed by atoms with Crippen molar-refractivity contribution < 1.29 is 4.74 Å². The molecule has 5 heteroatoms. The third-order valence-electron chi connectivity index (χ3n) is 6.93. The summed E-state index contributed by atoms with van der Waals surface area (Å²) in [6.45, 7) is 6.59. The van der Waals surface area contributed by atoms with Crippen molar-refractivity contribution in [3.63, 3.8) is 0 Å². The van der Waals surface area contributed by atoms with E-state index >= 15 is 0 Å². The first-order valence-corrected chi connectivity index (χ1v) is 13.1. The highest BCUT2D eigenvalue weighted by Gasteiger charge is 2.22. The summed E-state index contributed by atoms with van der Waals surface area (Å²) in [5, 5.41) is 11.1. The van der Waals surface area contributed by atoms with E-state index < -0.39 is 0 Å². The van der Waals surface area contributed by atoms with Crippen LogP contribution in [0.3, 0.4) is 0 Å². The maximum atomic E-state index is 9.06. The van der Waals surface area contributed by atoms with Crippen LogP contribution in [0.1, 0.15) is 50.7 Å². The zero-order valence-corrected chi connectivity index (χ0v) is 21.5. The summed E-state index contributed by atoms with van der Waals surface area (Å²) < 4.78 is 6.48. The fourth-order valence-electron chi connectivity index (χ4n) is 4.88. The number of nitriles is 1. The van der Waals surface area contributed by atoms with Gasteiger partial charge in [-0.1, -0.05) is 44.9 Å². The Kier molecular flexibility index (Phi) is 7.09. The smallest absolute Gasteiger partial charge is 0.137 e. The summed E-state index contributed by atoms with van der Waals surface area (Å²) in [4.78, 5) is 7.24. The van der Waals surface area contributed by atoms with Crippen molar-refractivity contribution in [3.05, 3.63) is 83.9 Å². The molecule has 4 aromatic rings. The number of anilines is 1. The number of hydrogen-bond acceptors (Lipinski definition) is 4. The van der Waals surface area contributed by atoms with Crippen LogP contribution in [0.5, 0.6) is 11.5 Å². The van der Waals surface area contributed by atoms with Crippen molar-refractivity contribution in [2.24, 2.45) is 10.7 Å². The first kappa shape index (κ1) is 24.4. The average Bonchev–Trinajstić information content (AvgIpc) is 2.94. The topological polar surface area (TPSA) is 74.6 Å². The van der Waals surface area contributed by atoms with Gasteiger partial charge in [-0.05, 0) is 66.9 Å². The molecule has 0 bridgehead atoms. The number of rotatable bonds is 9. The molecule has 2 N–H and O–H groups in total. The fraction of sp³-hybridized carbons (Fsp3) is 0.250. The van der Waals surface area contributed by atoms with E-state index in [1.165, 1.54) is 31.4 Å². The number of amidine groups is 1. The maximum Gasteiger partial charge on any atom is 0.137 e. The van der Waals surface area contributed by atoms with Crippen LogP contribution >= 0.6 is 0 Å². The predicted octanol–water partition coefficient (Wildman–Crippen LogP) is 7.93. The molecule has 37 heavy (non-hydrogen) atoms. The van der Waals surface area contributed by atoms with Crippen molar-refractivity contribution in [3.8, 4) is 28.7 Å². The molecule has 0 saturated carbocycles. The van der Waals surface area contributed by atoms with Crippen LogP contribution in [0.2, 0.25) is 0 Å². The highest BCUT2D eigenvalue weighted by atomic mass is 16.5. The normalized spacial score (nSPS) is 12.1. The van der Waals surface area contributed by atoms with Gasteiger partial charge in [-0.2, -0.15) is 5.26 Å². The standard InChI is InChI=1S/C32H32N4O/c1-3-5-18-36(19-6-4-2)24-14-15-25-26-16-17-28(35-32(34)23-12-10-22(21-33)11-13-23)27-8-7-9-29(31(26)27)37-30(25)20-24/h7-17,20H,3-6,18-19H2,1-2H3,(H2,34,35). The van der Waals surface area contributed by atoms with Crippen LogP contribution in [0.4, 0.5) is 11.4 Å². The van der Waals surface area contributed by atoms with Crippen LogP contribution < -0.4 is 15.4 Å². The third-order valence-corrected chi connectivity index (χ3v) is 6.93. The number of aliphatic imine (C=N–C) groups is 1. The molecule has 5 nitrogen and oxygen atoms in total. The summed E-state index contributed by atoms with van der Waals surface area (Å²) >= 11 is 0. The number of ether oxygens (including phenoxy) is 1. The Balaban J connectivity index is 1.53. The van der Waals surface area contributed by atoms with Gasteiger partial charge in [0.1, 0.15) is 17.3 Å². The average molecular weight is 489 g/mol. The third kappa shape index (κ3) is 4.88. The molecule has 0 spiro atoms. The summed E-state index contributed by atoms with van der Waals surface area (Å²) in [6.07, 6.45) is 4.72. The molecule has 0 radical (unpaired) electrons. The second kappa shape index (κ2) is 10.8. The lowest BCUT2D eigenvalue weighted by Gasteiger charge is -2.27. The van der Waals surface area contributed by atoms with Gasteiger partial charge < -0.3 is 15.4 Å². The Hall–Kier alpha value is -4.30. The van der Waals surface area contributed by atoms with Crippen molar-refractivity contribution in [2.45, 2.75) is 39.5 Å². The van der Waals surface area contributed by atoms with Gasteiger partial charge in [-0.15, -0.1) is 0 Å². The first-order valence-electron chi connectivity index (χ1n) is 13.1. The molecule has 4 aromatic carbocycles. The van der Waals surface area contributed by atoms with Gasteiger partial charge in [-0.25, -0.2) is 4.99 Å². The summed E-state index contributed by atoms with van der Waals surface area (Å²) in [6, 6.07) is 26.1. The van der Waals surface area contributed by atoms with Gasteiger partial charge in [0.25, 0.3) is 0 Å². The quantitative estimate of drug-likeness (QED) is 0.169. The summed E-state index contributed by atoms with van der Waals surface area (Å²) in [5.41, 5.74) is 12.0. The second-order valence-electron chi connectivity index (χ2n) is 9.47. The van der Waals surface area contributed by atoms with Gasteiger partial charge in [0, 0.05) is 46.7 Å². The number of nitrogens with two attached hydrogens (primary N) is 1. The molecule has 0 aliphatic carbocycles. The molecule has 0 aromatic heterocycles. The van der Waals surface area contributed by atoms with Crippen molar-refractivity contribution >= 4 is 28.0 Å². The van der Waals surface area contributed by atoms with E-state index in [4.69, 9.17) is 20.7 Å². The van der Waals surface area contributed by atoms with Crippen LogP contribution in [0.15, 0.2) is 77.8 Å². The second-order valence-corrected chi connectivity index (χ2v) is 9.47. The van der Waals surface area contributed by atoms with Crippen molar-refractivity contribution in [2.75, 3.05) is 18.0 Å². The Bertz CT molecular complexity index is 1490. The number of nitrogens with zero attached hydrogens (tertiary/aromatic N) is 3.